The summed E-state index contributed by atoms with van der Waals surface area (Å²) in [5, 5.41) is 0. The molecule has 0 aliphatic rings. The zero-order valence-electron chi connectivity index (χ0n) is 6.07. The van der Waals surface area contributed by atoms with Gasteiger partial charge in [0.2, 0.25) is 0 Å². The zero-order valence-corrected chi connectivity index (χ0v) is 14.8. The molecule has 0 rings (SSSR count). The normalized spacial score (nSPS) is 5.14. The van der Waals surface area contributed by atoms with Gasteiger partial charge in [-0.15, -0.1) is 0 Å². The van der Waals surface area contributed by atoms with Crippen molar-refractivity contribution in [3.05, 3.63) is 0 Å². The molecule has 0 saturated carbocycles. The molecule has 0 unspecified atom stereocenters. The Morgan fingerprint density at radius 1 is 0.500 bits per heavy atom. The Morgan fingerprint density at radius 3 is 0.500 bits per heavy atom. The second-order valence-corrected chi connectivity index (χ2v) is 2.25. The minimum atomic E-state index is -3.63. The summed E-state index contributed by atoms with van der Waals surface area (Å²) in [4.78, 5) is 51.1. The summed E-state index contributed by atoms with van der Waals surface area (Å²) in [6.07, 6.45) is 0. The molecule has 14 heteroatoms. The van der Waals surface area contributed by atoms with Crippen molar-refractivity contribution in [1.29, 1.82) is 0 Å². The summed E-state index contributed by atoms with van der Waals surface area (Å²) in [6, 6.07) is 0. The molecule has 0 saturated heterocycles. The topological polar surface area (TPSA) is 190 Å². The second-order valence-electron chi connectivity index (χ2n) is 0.750. The fraction of sp³-hybridized carbons (Fsp3) is 0. The van der Waals surface area contributed by atoms with Crippen LogP contribution in [0.2, 0.25) is 0 Å². The van der Waals surface area contributed by atoms with Gasteiger partial charge >= 0.3 is 80.8 Å². The van der Waals surface area contributed by atoms with E-state index in [4.69, 9.17) is 42.2 Å². The maximum atomic E-state index is 8.52. The molecule has 0 aromatic carbocycles. The number of hydrogen-bond acceptors (Lipinski definition) is 9. The molecular weight excluding hydrogens is 518 g/mol. The first-order valence-electron chi connectivity index (χ1n) is 1.84. The van der Waals surface area contributed by atoms with Crippen molar-refractivity contribution >= 4 is 27.5 Å². The Hall–Kier alpha value is 1.53. The molecule has 0 heterocycles. The van der Waals surface area contributed by atoms with Crippen molar-refractivity contribution in [1.82, 2.24) is 0 Å². The van der Waals surface area contributed by atoms with E-state index in [9.17, 15) is 0 Å². The van der Waals surface area contributed by atoms with Crippen molar-refractivity contribution in [3.8, 4) is 0 Å². The third kappa shape index (κ3) is 911. The van der Waals surface area contributed by atoms with Gasteiger partial charge < -0.3 is 42.2 Å². The Kier molecular flexibility index (Phi) is 50.7. The molecule has 0 spiro atoms. The van der Waals surface area contributed by atoms with E-state index in [-0.39, 0.29) is 80.8 Å². The van der Waals surface area contributed by atoms with Gasteiger partial charge in [0, 0.05) is 27.5 Å². The fourth-order valence-corrected chi connectivity index (χ4v) is 0. The fourth-order valence-electron chi connectivity index (χ4n) is 0. The van der Waals surface area contributed by atoms with E-state index >= 15 is 0 Å². The Bertz CT molecular complexity index is 116. The molecule has 9 nitrogen and oxygen atoms in total. The standard InChI is InChI=1S/3O3Si.2Pm/c3*1-4(2)3;;/q3*-2;2*+3. The molecule has 0 aromatic rings. The summed E-state index contributed by atoms with van der Waals surface area (Å²) in [6.45, 7) is 0. The first kappa shape index (κ1) is 29.6. The SMILES string of the molecule is O=[Si]([O-])[O-].O=[Si]([O-])[O-].O=[Si]([O-])[O-].[Pm+3].[Pm+3]. The molecule has 0 radical (unpaired) electrons. The molecule has 76 valence electrons. The van der Waals surface area contributed by atoms with E-state index in [1.165, 1.54) is 0 Å². The van der Waals surface area contributed by atoms with E-state index in [1.807, 2.05) is 0 Å². The minimum Gasteiger partial charge on any atom is -0.672 e. The maximum absolute atomic E-state index is 8.52. The van der Waals surface area contributed by atoms with E-state index in [0.717, 1.165) is 0 Å². The number of rotatable bonds is 0. The van der Waals surface area contributed by atoms with Crippen molar-refractivity contribution < 1.29 is 123 Å². The van der Waals surface area contributed by atoms with E-state index in [2.05, 4.69) is 0 Å². The van der Waals surface area contributed by atoms with Gasteiger partial charge in [-0.3, -0.25) is 0 Å². The third-order valence-corrected chi connectivity index (χ3v) is 0. The van der Waals surface area contributed by atoms with Gasteiger partial charge in [-0.05, 0) is 0 Å². The monoisotopic (exact) mass is 518 g/mol. The quantitative estimate of drug-likeness (QED) is 0.280. The van der Waals surface area contributed by atoms with Crippen LogP contribution in [0.4, 0.5) is 0 Å². The minimum absolute atomic E-state index is 0. The van der Waals surface area contributed by atoms with Crippen LogP contribution in [-0.4, -0.2) is 27.5 Å². The van der Waals surface area contributed by atoms with Crippen molar-refractivity contribution in [3.63, 3.8) is 0 Å². The van der Waals surface area contributed by atoms with E-state index in [1.54, 1.807) is 0 Å². The summed E-state index contributed by atoms with van der Waals surface area (Å²) in [7, 11) is -10.9. The molecule has 0 N–H and O–H groups in total. The Morgan fingerprint density at radius 2 is 0.500 bits per heavy atom. The molecular formula is O9Pm2Si3. The summed E-state index contributed by atoms with van der Waals surface area (Å²) in [5.74, 6) is 0. The maximum Gasteiger partial charge on any atom is 3.00 e. The molecule has 0 atom stereocenters. The average molecular weight is 518 g/mol. The van der Waals surface area contributed by atoms with Crippen LogP contribution < -0.4 is 28.8 Å². The smallest absolute Gasteiger partial charge is 0.672 e. The van der Waals surface area contributed by atoms with Gasteiger partial charge in [-0.1, -0.05) is 0 Å². The van der Waals surface area contributed by atoms with Crippen LogP contribution >= 0.6 is 0 Å². The predicted molar refractivity (Wildman–Crippen MR) is 19.3 cm³/mol. The second kappa shape index (κ2) is 24.0. The first-order chi connectivity index (χ1) is 5.20. The molecule has 14 heavy (non-hydrogen) atoms. The van der Waals surface area contributed by atoms with Crippen molar-refractivity contribution in [2.24, 2.45) is 0 Å². The summed E-state index contributed by atoms with van der Waals surface area (Å²) < 4.78 is 25.6. The van der Waals surface area contributed by atoms with Crippen LogP contribution in [0.3, 0.4) is 0 Å². The van der Waals surface area contributed by atoms with Crippen LogP contribution in [0, 0.1) is 80.8 Å². The zero-order chi connectivity index (χ0) is 10.7. The van der Waals surface area contributed by atoms with Crippen LogP contribution in [-0.2, 0) is 13.4 Å². The van der Waals surface area contributed by atoms with Crippen LogP contribution in [0.15, 0.2) is 0 Å². The van der Waals surface area contributed by atoms with Gasteiger partial charge in [0.1, 0.15) is 0 Å². The van der Waals surface area contributed by atoms with Crippen molar-refractivity contribution in [2.75, 3.05) is 0 Å². The van der Waals surface area contributed by atoms with Crippen LogP contribution in [0.1, 0.15) is 0 Å². The molecule has 0 aliphatic carbocycles. The Labute approximate surface area is 148 Å². The summed E-state index contributed by atoms with van der Waals surface area (Å²) in [5.41, 5.74) is 0. The van der Waals surface area contributed by atoms with Gasteiger partial charge in [-0.2, -0.15) is 0 Å². The van der Waals surface area contributed by atoms with E-state index < -0.39 is 27.5 Å². The predicted octanol–water partition coefficient (Wildman–Crippen LogP) is -8.63. The van der Waals surface area contributed by atoms with E-state index in [0.29, 0.717) is 0 Å². The molecule has 0 bridgehead atoms. The van der Waals surface area contributed by atoms with Gasteiger partial charge in [0.05, 0.1) is 0 Å². The average Bonchev–Trinajstić information content (AvgIpc) is 1.54. The molecule has 0 fully saturated rings. The first-order valence-corrected chi connectivity index (χ1v) is 5.51. The Balaban J connectivity index is -0.0000000270. The van der Waals surface area contributed by atoms with Gasteiger partial charge in [-0.25, -0.2) is 0 Å². The van der Waals surface area contributed by atoms with Gasteiger partial charge in [0.25, 0.3) is 0 Å². The molecule has 0 amide bonds. The van der Waals surface area contributed by atoms with Crippen molar-refractivity contribution in [2.45, 2.75) is 0 Å². The molecule has 0 aromatic heterocycles. The van der Waals surface area contributed by atoms with Crippen LogP contribution in [0.5, 0.6) is 0 Å². The summed E-state index contributed by atoms with van der Waals surface area (Å²) >= 11 is 0. The largest absolute Gasteiger partial charge is 3.00 e. The third-order valence-electron chi connectivity index (χ3n) is 0. The van der Waals surface area contributed by atoms with Crippen LogP contribution in [0.25, 0.3) is 0 Å². The number of hydrogen-bond donors (Lipinski definition) is 0. The van der Waals surface area contributed by atoms with Gasteiger partial charge in [0.15, 0.2) is 0 Å². The molecule has 0 aliphatic heterocycles.